The molecule has 6 rings (SSSR count). The number of carbonyl (C=O) groups is 1. The minimum atomic E-state index is -0.613. The molecule has 0 aliphatic carbocycles. The van der Waals surface area contributed by atoms with Crippen LogP contribution in [0.4, 0.5) is 16.0 Å². The maximum absolute atomic E-state index is 14.4. The summed E-state index contributed by atoms with van der Waals surface area (Å²) in [5.41, 5.74) is 3.53. The van der Waals surface area contributed by atoms with Crippen molar-refractivity contribution in [1.29, 1.82) is 0 Å². The largest absolute Gasteiger partial charge is 0.369 e. The average Bonchev–Trinajstić information content (AvgIpc) is 3.00. The Balaban J connectivity index is 1.06. The van der Waals surface area contributed by atoms with Crippen molar-refractivity contribution in [3.8, 4) is 11.3 Å². The van der Waals surface area contributed by atoms with Gasteiger partial charge in [0.25, 0.3) is 5.91 Å². The normalized spacial score (nSPS) is 19.3. The molecule has 218 valence electrons. The van der Waals surface area contributed by atoms with Crippen LogP contribution in [-0.2, 0) is 0 Å². The molecule has 2 fully saturated rings. The Morgan fingerprint density at radius 2 is 1.93 bits per heavy atom. The summed E-state index contributed by atoms with van der Waals surface area (Å²) in [4.78, 5) is 35.0. The lowest BCUT2D eigenvalue weighted by atomic mass is 9.99. The van der Waals surface area contributed by atoms with E-state index in [0.29, 0.717) is 22.2 Å². The van der Waals surface area contributed by atoms with E-state index in [1.54, 1.807) is 12.4 Å². The molecule has 0 bridgehead atoms. The Labute approximate surface area is 249 Å². The molecular weight excluding hydrogens is 551 g/mol. The summed E-state index contributed by atoms with van der Waals surface area (Å²) in [5.74, 6) is 0.692. The molecule has 2 aliphatic heterocycles. The number of nitrogens with zero attached hydrogens (tertiary/aromatic N) is 6. The SMILES string of the molecule is CNC(=O)c1c(F)cnc2c(C3CC(CNc4cc(-c5ccc(N(C)C6CCN(C)CC6)nc5)ncn4)S3)cccc12. The molecule has 2 N–H and O–H groups in total. The van der Waals surface area contributed by atoms with Crippen LogP contribution in [0, 0.1) is 5.82 Å². The molecule has 2 aliphatic rings. The Kier molecular flexibility index (Phi) is 8.21. The number of nitrogens with one attached hydrogen (secondary N) is 2. The fourth-order valence-electron chi connectivity index (χ4n) is 5.77. The third-order valence-corrected chi connectivity index (χ3v) is 9.85. The van der Waals surface area contributed by atoms with Gasteiger partial charge in [0.15, 0.2) is 5.82 Å². The molecule has 11 heteroatoms. The second kappa shape index (κ2) is 12.2. The van der Waals surface area contributed by atoms with E-state index in [1.165, 1.54) is 7.05 Å². The zero-order valence-electron chi connectivity index (χ0n) is 24.0. The number of fused-ring (bicyclic) bond motifs is 1. The smallest absolute Gasteiger partial charge is 0.254 e. The topological polar surface area (TPSA) is 99.2 Å². The quantitative estimate of drug-likeness (QED) is 0.302. The van der Waals surface area contributed by atoms with Crippen molar-refractivity contribution in [3.63, 3.8) is 0 Å². The van der Waals surface area contributed by atoms with Gasteiger partial charge < -0.3 is 20.4 Å². The van der Waals surface area contributed by atoms with Crippen molar-refractivity contribution < 1.29 is 9.18 Å². The molecule has 2 saturated heterocycles. The standard InChI is InChI=1S/C31H35FN8OS/c1-33-31(41)29-23-6-4-5-22(30(23)36-17-24(29)32)26-13-21(42-26)16-34-27-14-25(37-18-38-27)19-7-8-28(35-15-19)40(3)20-9-11-39(2)12-10-20/h4-8,14-15,17-18,20-21,26H,9-13,16H2,1-3H3,(H,33,41)(H,34,37,38). The van der Waals surface area contributed by atoms with Crippen molar-refractivity contribution in [2.75, 3.05) is 51.0 Å². The number of amides is 1. The molecule has 1 amide bonds. The molecule has 0 radical (unpaired) electrons. The summed E-state index contributed by atoms with van der Waals surface area (Å²) in [6.45, 7) is 2.99. The van der Waals surface area contributed by atoms with Crippen molar-refractivity contribution in [3.05, 3.63) is 72.1 Å². The number of rotatable bonds is 8. The minimum Gasteiger partial charge on any atom is -0.369 e. The van der Waals surface area contributed by atoms with Gasteiger partial charge in [-0.05, 0) is 57.1 Å². The summed E-state index contributed by atoms with van der Waals surface area (Å²) >= 11 is 1.84. The number of aromatic nitrogens is 4. The van der Waals surface area contributed by atoms with Gasteiger partial charge >= 0.3 is 0 Å². The average molecular weight is 587 g/mol. The molecule has 1 aromatic carbocycles. The van der Waals surface area contributed by atoms with Crippen LogP contribution in [-0.4, -0.2) is 82.8 Å². The molecule has 2 unspecified atom stereocenters. The number of likely N-dealkylation sites (tertiary alicyclic amines) is 1. The van der Waals surface area contributed by atoms with Gasteiger partial charge in [-0.15, -0.1) is 11.8 Å². The molecule has 5 heterocycles. The van der Waals surface area contributed by atoms with E-state index in [1.807, 2.05) is 36.2 Å². The third kappa shape index (κ3) is 5.76. The van der Waals surface area contributed by atoms with E-state index >= 15 is 0 Å². The number of benzene rings is 1. The summed E-state index contributed by atoms with van der Waals surface area (Å²) in [6, 6.07) is 12.3. The van der Waals surface area contributed by atoms with Gasteiger partial charge in [0.2, 0.25) is 0 Å². The number of carbonyl (C=O) groups excluding carboxylic acids is 1. The number of thioether (sulfide) groups is 1. The molecule has 9 nitrogen and oxygen atoms in total. The minimum absolute atomic E-state index is 0.0422. The number of hydrogen-bond acceptors (Lipinski definition) is 9. The second-order valence-electron chi connectivity index (χ2n) is 11.0. The fourth-order valence-corrected chi connectivity index (χ4v) is 7.04. The Morgan fingerprint density at radius 3 is 2.67 bits per heavy atom. The lowest BCUT2D eigenvalue weighted by Gasteiger charge is -2.35. The number of para-hydroxylation sites is 1. The number of anilines is 2. The molecule has 2 atom stereocenters. The number of hydrogen-bond donors (Lipinski definition) is 2. The first-order valence-electron chi connectivity index (χ1n) is 14.3. The number of halogens is 1. The fraction of sp³-hybridized carbons (Fsp3) is 0.387. The highest BCUT2D eigenvalue weighted by molar-refractivity contribution is 8.01. The summed E-state index contributed by atoms with van der Waals surface area (Å²) in [7, 11) is 5.81. The van der Waals surface area contributed by atoms with Crippen molar-refractivity contribution in [2.45, 2.75) is 35.8 Å². The van der Waals surface area contributed by atoms with E-state index in [2.05, 4.69) is 61.6 Å². The maximum atomic E-state index is 14.4. The van der Waals surface area contributed by atoms with E-state index in [0.717, 1.165) is 73.6 Å². The first kappa shape index (κ1) is 28.3. The molecule has 4 aromatic rings. The van der Waals surface area contributed by atoms with Gasteiger partial charge in [0.1, 0.15) is 18.0 Å². The van der Waals surface area contributed by atoms with Crippen LogP contribution in [0.15, 0.2) is 55.1 Å². The molecule has 3 aromatic heterocycles. The monoisotopic (exact) mass is 586 g/mol. The van der Waals surface area contributed by atoms with E-state index < -0.39 is 11.7 Å². The Bertz CT molecular complexity index is 1570. The van der Waals surface area contributed by atoms with Gasteiger partial charge in [0.05, 0.1) is 23.0 Å². The second-order valence-corrected chi connectivity index (χ2v) is 12.5. The van der Waals surface area contributed by atoms with Crippen LogP contribution in [0.3, 0.4) is 0 Å². The Hall–Kier alpha value is -3.83. The molecule has 0 saturated carbocycles. The molecule has 0 spiro atoms. The van der Waals surface area contributed by atoms with E-state index in [9.17, 15) is 9.18 Å². The number of pyridine rings is 2. The zero-order chi connectivity index (χ0) is 29.2. The maximum Gasteiger partial charge on any atom is 0.254 e. The van der Waals surface area contributed by atoms with Crippen LogP contribution in [0.25, 0.3) is 22.2 Å². The van der Waals surface area contributed by atoms with Crippen LogP contribution in [0.5, 0.6) is 0 Å². The Morgan fingerprint density at radius 1 is 1.12 bits per heavy atom. The van der Waals surface area contributed by atoms with Crippen LogP contribution in [0.1, 0.15) is 40.4 Å². The summed E-state index contributed by atoms with van der Waals surface area (Å²) in [6.07, 6.45) is 7.85. The lowest BCUT2D eigenvalue weighted by molar-refractivity contribution is 0.0960. The van der Waals surface area contributed by atoms with E-state index in [-0.39, 0.29) is 10.8 Å². The van der Waals surface area contributed by atoms with Gasteiger partial charge in [-0.3, -0.25) is 9.78 Å². The van der Waals surface area contributed by atoms with Crippen molar-refractivity contribution in [1.82, 2.24) is 30.2 Å². The summed E-state index contributed by atoms with van der Waals surface area (Å²) < 4.78 is 14.4. The predicted molar refractivity (Wildman–Crippen MR) is 167 cm³/mol. The van der Waals surface area contributed by atoms with Gasteiger partial charge in [-0.1, -0.05) is 18.2 Å². The highest BCUT2D eigenvalue weighted by Crippen LogP contribution is 2.50. The number of piperidine rings is 1. The van der Waals surface area contributed by atoms with E-state index in [4.69, 9.17) is 4.98 Å². The highest BCUT2D eigenvalue weighted by Gasteiger charge is 2.33. The van der Waals surface area contributed by atoms with Crippen LogP contribution >= 0.6 is 11.8 Å². The lowest BCUT2D eigenvalue weighted by Crippen LogP contribution is -2.42. The third-order valence-electron chi connectivity index (χ3n) is 8.34. The first-order valence-corrected chi connectivity index (χ1v) is 15.2. The van der Waals surface area contributed by atoms with Crippen molar-refractivity contribution in [2.24, 2.45) is 0 Å². The van der Waals surface area contributed by atoms with Gasteiger partial charge in [-0.25, -0.2) is 19.3 Å². The van der Waals surface area contributed by atoms with Gasteiger partial charge in [-0.2, -0.15) is 0 Å². The van der Waals surface area contributed by atoms with Crippen LogP contribution < -0.4 is 15.5 Å². The van der Waals surface area contributed by atoms with Crippen molar-refractivity contribution >= 4 is 40.2 Å². The zero-order valence-corrected chi connectivity index (χ0v) is 24.9. The molecule has 42 heavy (non-hydrogen) atoms. The van der Waals surface area contributed by atoms with Crippen LogP contribution in [0.2, 0.25) is 0 Å². The highest BCUT2D eigenvalue weighted by atomic mass is 32.2. The van der Waals surface area contributed by atoms with Gasteiger partial charge in [0, 0.05) is 60.4 Å². The predicted octanol–water partition coefficient (Wildman–Crippen LogP) is 4.77. The first-order chi connectivity index (χ1) is 20.4. The molecular formula is C31H35FN8OS. The summed E-state index contributed by atoms with van der Waals surface area (Å²) in [5, 5.41) is 7.14.